The van der Waals surface area contributed by atoms with E-state index in [9.17, 15) is 9.90 Å². The van der Waals surface area contributed by atoms with Crippen molar-refractivity contribution in [3.63, 3.8) is 0 Å². The molecule has 0 rings (SSSR count). The van der Waals surface area contributed by atoms with Crippen LogP contribution in [-0.4, -0.2) is 12.0 Å². The van der Waals surface area contributed by atoms with Gasteiger partial charge in [-0.05, 0) is 6.92 Å². The average molecular weight is 102 g/mol. The first kappa shape index (κ1) is 6.43. The van der Waals surface area contributed by atoms with Gasteiger partial charge in [0.2, 0.25) is 5.91 Å². The van der Waals surface area contributed by atoms with Crippen LogP contribution < -0.4 is 5.73 Å². The summed E-state index contributed by atoms with van der Waals surface area (Å²) >= 11 is 0. The highest BCUT2D eigenvalue weighted by Gasteiger charge is 2.00. The van der Waals surface area contributed by atoms with Gasteiger partial charge in [0.25, 0.3) is 0 Å². The maximum Gasteiger partial charge on any atom is 0.220 e. The molecule has 1 unspecified atom stereocenters. The van der Waals surface area contributed by atoms with Crippen LogP contribution in [0.4, 0.5) is 0 Å². The zero-order valence-electron chi connectivity index (χ0n) is 4.18. The fourth-order valence-electron chi connectivity index (χ4n) is 0.283. The Bertz CT molecular complexity index is 70.1. The summed E-state index contributed by atoms with van der Waals surface area (Å²) < 4.78 is 0. The molecule has 2 N–H and O–H groups in total. The zero-order chi connectivity index (χ0) is 5.86. The molecule has 1 amide bonds. The molecule has 0 spiro atoms. The van der Waals surface area contributed by atoms with Gasteiger partial charge < -0.3 is 5.73 Å². The Morgan fingerprint density at radius 2 is 2.29 bits per heavy atom. The summed E-state index contributed by atoms with van der Waals surface area (Å²) in [5.74, 6) is -0.525. The normalized spacial score (nSPS) is 13.4. The monoisotopic (exact) mass is 102 g/mol. The van der Waals surface area contributed by atoms with Crippen LogP contribution in [0.3, 0.4) is 0 Å². The standard InChI is InChI=1S/C4H8NO2/c1-3(6)2-4(5)7/h3H,2H2,1H3,(H2,5,7). The van der Waals surface area contributed by atoms with Gasteiger partial charge in [-0.25, -0.2) is 5.11 Å². The van der Waals surface area contributed by atoms with E-state index in [0.29, 0.717) is 0 Å². The predicted octanol–water partition coefficient (Wildman–Crippen LogP) is -0.319. The molecular weight excluding hydrogens is 94.0 g/mol. The van der Waals surface area contributed by atoms with Crippen molar-refractivity contribution in [2.75, 3.05) is 0 Å². The third-order valence-electron chi connectivity index (χ3n) is 0.489. The largest absolute Gasteiger partial charge is 0.370 e. The number of nitrogens with two attached hydrogens (primary N) is 1. The lowest BCUT2D eigenvalue weighted by Gasteiger charge is -1.91. The number of hydrogen-bond acceptors (Lipinski definition) is 1. The molecule has 0 bridgehead atoms. The number of amides is 1. The van der Waals surface area contributed by atoms with Crippen molar-refractivity contribution in [1.82, 2.24) is 0 Å². The lowest BCUT2D eigenvalue weighted by Crippen LogP contribution is -2.16. The predicted molar refractivity (Wildman–Crippen MR) is 24.0 cm³/mol. The summed E-state index contributed by atoms with van der Waals surface area (Å²) in [6.07, 6.45) is -0.905. The van der Waals surface area contributed by atoms with Crippen LogP contribution in [0.2, 0.25) is 0 Å². The minimum atomic E-state index is -0.850. The third-order valence-corrected chi connectivity index (χ3v) is 0.489. The maximum atomic E-state index is 10.0. The van der Waals surface area contributed by atoms with Gasteiger partial charge in [0.05, 0.1) is 12.5 Å². The molecule has 1 atom stereocenters. The molecule has 0 aromatic rings. The van der Waals surface area contributed by atoms with Crippen molar-refractivity contribution in [3.05, 3.63) is 0 Å². The number of carbonyl (C=O) groups is 1. The Balaban J connectivity index is 3.13. The van der Waals surface area contributed by atoms with E-state index in [1.54, 1.807) is 0 Å². The van der Waals surface area contributed by atoms with Gasteiger partial charge in [-0.15, -0.1) is 0 Å². The molecule has 7 heavy (non-hydrogen) atoms. The van der Waals surface area contributed by atoms with E-state index in [1.807, 2.05) is 0 Å². The van der Waals surface area contributed by atoms with Gasteiger partial charge in [0.1, 0.15) is 0 Å². The summed E-state index contributed by atoms with van der Waals surface area (Å²) in [4.78, 5) is 9.83. The zero-order valence-corrected chi connectivity index (χ0v) is 4.18. The van der Waals surface area contributed by atoms with Gasteiger partial charge in [0, 0.05) is 0 Å². The van der Waals surface area contributed by atoms with E-state index < -0.39 is 12.0 Å². The van der Waals surface area contributed by atoms with Crippen molar-refractivity contribution >= 4 is 5.91 Å². The van der Waals surface area contributed by atoms with Crippen LogP contribution in [0.5, 0.6) is 0 Å². The highest BCUT2D eigenvalue weighted by atomic mass is 16.3. The molecule has 0 aromatic carbocycles. The van der Waals surface area contributed by atoms with Crippen molar-refractivity contribution in [2.24, 2.45) is 5.73 Å². The molecule has 3 nitrogen and oxygen atoms in total. The molecular formula is C4H8NO2. The Morgan fingerprint density at radius 3 is 2.29 bits per heavy atom. The van der Waals surface area contributed by atoms with E-state index in [0.717, 1.165) is 0 Å². The molecule has 0 heterocycles. The third kappa shape index (κ3) is 5.43. The van der Waals surface area contributed by atoms with Crippen LogP contribution in [-0.2, 0) is 9.90 Å². The maximum absolute atomic E-state index is 10.0. The number of hydrogen-bond donors (Lipinski definition) is 1. The Kier molecular flexibility index (Phi) is 2.37. The second-order valence-corrected chi connectivity index (χ2v) is 1.48. The topological polar surface area (TPSA) is 63.0 Å². The van der Waals surface area contributed by atoms with Crippen molar-refractivity contribution in [3.8, 4) is 0 Å². The van der Waals surface area contributed by atoms with Crippen molar-refractivity contribution in [1.29, 1.82) is 0 Å². The Hall–Kier alpha value is -0.570. The lowest BCUT2D eigenvalue weighted by atomic mass is 10.3. The molecule has 0 aliphatic heterocycles. The van der Waals surface area contributed by atoms with Crippen LogP contribution in [0, 0.1) is 0 Å². The number of rotatable bonds is 2. The van der Waals surface area contributed by atoms with E-state index in [4.69, 9.17) is 0 Å². The summed E-state index contributed by atoms with van der Waals surface area (Å²) in [6, 6.07) is 0. The quantitative estimate of drug-likeness (QED) is 0.510. The van der Waals surface area contributed by atoms with Crippen LogP contribution >= 0.6 is 0 Å². The van der Waals surface area contributed by atoms with Crippen LogP contribution in [0.1, 0.15) is 13.3 Å². The Morgan fingerprint density at radius 1 is 1.86 bits per heavy atom. The van der Waals surface area contributed by atoms with Gasteiger partial charge >= 0.3 is 0 Å². The van der Waals surface area contributed by atoms with E-state index >= 15 is 0 Å². The SMILES string of the molecule is CC([O])CC(N)=O. The highest BCUT2D eigenvalue weighted by Crippen LogP contribution is 1.85. The fourth-order valence-corrected chi connectivity index (χ4v) is 0.283. The summed E-state index contributed by atoms with van der Waals surface area (Å²) in [7, 11) is 0. The minimum absolute atomic E-state index is 0.0556. The molecule has 1 radical (unpaired) electrons. The van der Waals surface area contributed by atoms with Gasteiger partial charge in [-0.2, -0.15) is 0 Å². The minimum Gasteiger partial charge on any atom is -0.370 e. The molecule has 41 valence electrons. The molecule has 0 saturated heterocycles. The first-order valence-electron chi connectivity index (χ1n) is 2.07. The molecule has 0 aliphatic carbocycles. The fraction of sp³-hybridized carbons (Fsp3) is 0.750. The average Bonchev–Trinajstić information content (AvgIpc) is 1.27. The second-order valence-electron chi connectivity index (χ2n) is 1.48. The molecule has 0 aromatic heterocycles. The van der Waals surface area contributed by atoms with Gasteiger partial charge in [-0.3, -0.25) is 4.79 Å². The molecule has 0 fully saturated rings. The molecule has 3 heteroatoms. The second kappa shape index (κ2) is 2.58. The van der Waals surface area contributed by atoms with Crippen LogP contribution in [0.25, 0.3) is 0 Å². The first-order valence-corrected chi connectivity index (χ1v) is 2.07. The Labute approximate surface area is 42.1 Å². The molecule has 0 aliphatic rings. The molecule has 0 saturated carbocycles. The van der Waals surface area contributed by atoms with E-state index in [-0.39, 0.29) is 6.42 Å². The lowest BCUT2D eigenvalue weighted by molar-refractivity contribution is -0.120. The highest BCUT2D eigenvalue weighted by molar-refractivity contribution is 5.74. The van der Waals surface area contributed by atoms with Gasteiger partial charge in [-0.1, -0.05) is 0 Å². The smallest absolute Gasteiger partial charge is 0.220 e. The van der Waals surface area contributed by atoms with Crippen molar-refractivity contribution in [2.45, 2.75) is 19.4 Å². The number of carbonyl (C=O) groups excluding carboxylic acids is 1. The van der Waals surface area contributed by atoms with E-state index in [1.165, 1.54) is 6.92 Å². The van der Waals surface area contributed by atoms with Crippen LogP contribution in [0.15, 0.2) is 0 Å². The summed E-state index contributed by atoms with van der Waals surface area (Å²) in [6.45, 7) is 1.41. The summed E-state index contributed by atoms with van der Waals surface area (Å²) in [5, 5.41) is 10.0. The van der Waals surface area contributed by atoms with Gasteiger partial charge in [0.15, 0.2) is 0 Å². The summed E-state index contributed by atoms with van der Waals surface area (Å²) in [5.41, 5.74) is 4.65. The number of primary amides is 1. The van der Waals surface area contributed by atoms with E-state index in [2.05, 4.69) is 5.73 Å². The van der Waals surface area contributed by atoms with Crippen molar-refractivity contribution < 1.29 is 9.90 Å². The first-order chi connectivity index (χ1) is 3.13.